The highest BCUT2D eigenvalue weighted by atomic mass is 31.2. The second-order valence-corrected chi connectivity index (χ2v) is 10.0. The average Bonchev–Trinajstić information content (AvgIpc) is 2.73. The molecule has 0 radical (unpaired) electrons. The van der Waals surface area contributed by atoms with Gasteiger partial charge in [-0.2, -0.15) is 0 Å². The summed E-state index contributed by atoms with van der Waals surface area (Å²) < 4.78 is 5.40. The molecule has 1 unspecified atom stereocenters. The van der Waals surface area contributed by atoms with E-state index in [9.17, 15) is 9.59 Å². The molecule has 0 saturated heterocycles. The third-order valence-electron chi connectivity index (χ3n) is 4.77. The van der Waals surface area contributed by atoms with E-state index in [0.29, 0.717) is 0 Å². The van der Waals surface area contributed by atoms with Gasteiger partial charge in [-0.1, -0.05) is 54.6 Å². The number of carbonyl (C=O) groups is 2. The highest BCUT2D eigenvalue weighted by Crippen LogP contribution is 2.60. The Morgan fingerprint density at radius 2 is 1.11 bits per heavy atom. The molecule has 1 atom stereocenters. The van der Waals surface area contributed by atoms with E-state index in [1.54, 1.807) is 6.92 Å². The van der Waals surface area contributed by atoms with Crippen molar-refractivity contribution in [3.05, 3.63) is 91.0 Å². The lowest BCUT2D eigenvalue weighted by Gasteiger charge is -2.32. The summed E-state index contributed by atoms with van der Waals surface area (Å²) in [6.07, 6.45) is 0. The molecule has 0 aliphatic carbocycles. The number of hydrogen-bond donors (Lipinski definition) is 0. The van der Waals surface area contributed by atoms with E-state index in [4.69, 9.17) is 4.74 Å². The highest BCUT2D eigenvalue weighted by Gasteiger charge is 2.58. The molecule has 0 spiro atoms. The van der Waals surface area contributed by atoms with Crippen LogP contribution in [0.5, 0.6) is 0 Å². The van der Waals surface area contributed by atoms with E-state index < -0.39 is 18.9 Å². The van der Waals surface area contributed by atoms with Crippen molar-refractivity contribution in [2.45, 2.75) is 19.5 Å². The van der Waals surface area contributed by atoms with Gasteiger partial charge in [-0.25, -0.2) is 4.79 Å². The number of rotatable bonds is 7. The van der Waals surface area contributed by atoms with Crippen molar-refractivity contribution in [2.24, 2.45) is 0 Å². The van der Waals surface area contributed by atoms with Gasteiger partial charge in [0, 0.05) is 0 Å². The lowest BCUT2D eigenvalue weighted by molar-refractivity contribution is -0.144. The molecule has 0 aromatic heterocycles. The molecule has 0 bridgehead atoms. The van der Waals surface area contributed by atoms with Crippen LogP contribution in [0.25, 0.3) is 0 Å². The molecule has 0 N–H and O–H groups in total. The van der Waals surface area contributed by atoms with Crippen molar-refractivity contribution < 1.29 is 14.3 Å². The molecule has 3 nitrogen and oxygen atoms in total. The van der Waals surface area contributed by atoms with E-state index in [1.807, 2.05) is 91.0 Å². The van der Waals surface area contributed by atoms with E-state index in [-0.39, 0.29) is 12.4 Å². The van der Waals surface area contributed by atoms with Crippen molar-refractivity contribution >= 4 is 34.9 Å². The third kappa shape index (κ3) is 3.63. The Bertz CT molecular complexity index is 827. The van der Waals surface area contributed by atoms with Gasteiger partial charge in [-0.05, 0) is 50.2 Å². The SMILES string of the molecule is CCOC(=O)C(C(C)=O)[P+](c1ccccc1)(c1ccccc1)c1ccccc1. The summed E-state index contributed by atoms with van der Waals surface area (Å²) in [5.41, 5.74) is -0.889. The molecule has 142 valence electrons. The molecular weight excluding hydrogens is 367 g/mol. The van der Waals surface area contributed by atoms with Crippen LogP contribution < -0.4 is 15.9 Å². The summed E-state index contributed by atoms with van der Waals surface area (Å²) in [5.74, 6) is -0.636. The zero-order valence-corrected chi connectivity index (χ0v) is 17.0. The van der Waals surface area contributed by atoms with E-state index in [2.05, 4.69) is 0 Å². The summed E-state index contributed by atoms with van der Waals surface area (Å²) in [4.78, 5) is 26.1. The third-order valence-corrected chi connectivity index (χ3v) is 9.46. The van der Waals surface area contributed by atoms with Gasteiger partial charge in [0.2, 0.25) is 5.66 Å². The summed E-state index contributed by atoms with van der Waals surface area (Å²) in [7, 11) is -2.63. The van der Waals surface area contributed by atoms with Crippen molar-refractivity contribution in [3.8, 4) is 0 Å². The monoisotopic (exact) mass is 391 g/mol. The zero-order valence-electron chi connectivity index (χ0n) is 16.1. The van der Waals surface area contributed by atoms with Crippen molar-refractivity contribution in [1.29, 1.82) is 0 Å². The quantitative estimate of drug-likeness (QED) is 0.352. The fraction of sp³-hybridized carbons (Fsp3) is 0.167. The number of esters is 1. The van der Waals surface area contributed by atoms with Gasteiger partial charge in [-0.15, -0.1) is 0 Å². The second kappa shape index (κ2) is 8.95. The first-order valence-corrected chi connectivity index (χ1v) is 11.2. The minimum absolute atomic E-state index is 0.177. The fourth-order valence-corrected chi connectivity index (χ4v) is 8.35. The molecule has 28 heavy (non-hydrogen) atoms. The Kier molecular flexibility index (Phi) is 6.38. The summed E-state index contributed by atoms with van der Waals surface area (Å²) in [5, 5.41) is 2.96. The predicted molar refractivity (Wildman–Crippen MR) is 116 cm³/mol. The smallest absolute Gasteiger partial charge is 0.356 e. The Morgan fingerprint density at radius 1 is 0.750 bits per heavy atom. The molecule has 4 heteroatoms. The van der Waals surface area contributed by atoms with Gasteiger partial charge in [-0.3, -0.25) is 4.79 Å². The van der Waals surface area contributed by atoms with Crippen LogP contribution in [0, 0.1) is 0 Å². The molecule has 3 aromatic rings. The van der Waals surface area contributed by atoms with Crippen LogP contribution in [-0.2, 0) is 14.3 Å². The van der Waals surface area contributed by atoms with Crippen molar-refractivity contribution in [3.63, 3.8) is 0 Å². The van der Waals surface area contributed by atoms with Crippen LogP contribution in [0.2, 0.25) is 0 Å². The Hall–Kier alpha value is -2.77. The van der Waals surface area contributed by atoms with Gasteiger partial charge >= 0.3 is 5.97 Å². The number of Topliss-reactive ketones (excluding diaryl/α,β-unsaturated/α-hetero) is 1. The second-order valence-electron chi connectivity index (χ2n) is 6.49. The molecule has 3 aromatic carbocycles. The molecule has 0 fully saturated rings. The molecule has 0 aliphatic heterocycles. The highest BCUT2D eigenvalue weighted by molar-refractivity contribution is 7.97. The van der Waals surface area contributed by atoms with Gasteiger partial charge in [0.1, 0.15) is 23.2 Å². The normalized spacial score (nSPS) is 12.2. The number of hydrogen-bond acceptors (Lipinski definition) is 3. The van der Waals surface area contributed by atoms with Crippen LogP contribution in [-0.4, -0.2) is 24.0 Å². The molecule has 0 heterocycles. The largest absolute Gasteiger partial charge is 0.463 e. The minimum atomic E-state index is -2.63. The van der Waals surface area contributed by atoms with Crippen LogP contribution in [0.15, 0.2) is 91.0 Å². The number of ether oxygens (including phenoxy) is 1. The zero-order chi connectivity index (χ0) is 20.0. The van der Waals surface area contributed by atoms with Crippen LogP contribution in [0.3, 0.4) is 0 Å². The maximum absolute atomic E-state index is 13.1. The first-order valence-electron chi connectivity index (χ1n) is 9.35. The van der Waals surface area contributed by atoms with E-state index >= 15 is 0 Å². The van der Waals surface area contributed by atoms with Crippen LogP contribution >= 0.6 is 7.26 Å². The topological polar surface area (TPSA) is 43.4 Å². The maximum Gasteiger partial charge on any atom is 0.356 e. The average molecular weight is 391 g/mol. The Labute approximate surface area is 166 Å². The van der Waals surface area contributed by atoms with Crippen LogP contribution in [0.4, 0.5) is 0 Å². The van der Waals surface area contributed by atoms with Crippen molar-refractivity contribution in [2.75, 3.05) is 6.61 Å². The summed E-state index contributed by atoms with van der Waals surface area (Å²) in [6, 6.07) is 29.7. The molecule has 3 rings (SSSR count). The molecular formula is C24H24O3P+. The van der Waals surface area contributed by atoms with Gasteiger partial charge in [0.25, 0.3) is 0 Å². The fourth-order valence-electron chi connectivity index (χ4n) is 3.70. The predicted octanol–water partition coefficient (Wildman–Crippen LogP) is 3.50. The molecule has 0 aliphatic rings. The van der Waals surface area contributed by atoms with Gasteiger partial charge in [0.05, 0.1) is 6.61 Å². The summed E-state index contributed by atoms with van der Waals surface area (Å²) >= 11 is 0. The maximum atomic E-state index is 13.1. The lowest BCUT2D eigenvalue weighted by atomic mass is 10.3. The minimum Gasteiger partial charge on any atom is -0.463 e. The standard InChI is InChI=1S/C24H24O3P/c1-3-27-24(26)23(19(2)25)28(20-13-7-4-8-14-20,21-15-9-5-10-16-21)22-17-11-6-12-18-22/h4-18,23H,3H2,1-2H3/q+1. The first kappa shape index (κ1) is 20.0. The van der Waals surface area contributed by atoms with E-state index in [0.717, 1.165) is 15.9 Å². The van der Waals surface area contributed by atoms with Gasteiger partial charge < -0.3 is 4.74 Å². The lowest BCUT2D eigenvalue weighted by Crippen LogP contribution is -2.46. The number of carbonyl (C=O) groups excluding carboxylic acids is 2. The molecule has 0 amide bonds. The number of benzene rings is 3. The Balaban J connectivity index is 2.43. The van der Waals surface area contributed by atoms with Crippen LogP contribution in [0.1, 0.15) is 13.8 Å². The first-order chi connectivity index (χ1) is 13.6. The Morgan fingerprint density at radius 3 is 1.39 bits per heavy atom. The van der Waals surface area contributed by atoms with Crippen molar-refractivity contribution in [1.82, 2.24) is 0 Å². The molecule has 0 saturated carbocycles. The number of ketones is 1. The van der Waals surface area contributed by atoms with E-state index in [1.165, 1.54) is 6.92 Å². The van der Waals surface area contributed by atoms with Gasteiger partial charge in [0.15, 0.2) is 5.78 Å². The summed E-state index contributed by atoms with van der Waals surface area (Å²) in [6.45, 7) is 3.49.